The molecule has 142 valence electrons. The topological polar surface area (TPSA) is 43.8 Å². The summed E-state index contributed by atoms with van der Waals surface area (Å²) in [6.07, 6.45) is 5.38. The van der Waals surface area contributed by atoms with Crippen LogP contribution in [0, 0.1) is 11.8 Å². The Bertz CT molecular complexity index is 647. The Balaban J connectivity index is 1.33. The Morgan fingerprint density at radius 3 is 2.54 bits per heavy atom. The molecule has 2 aliphatic heterocycles. The number of aliphatic hydroxyl groups excluding tert-OH is 1. The van der Waals surface area contributed by atoms with Crippen molar-refractivity contribution in [2.45, 2.75) is 50.7 Å². The quantitative estimate of drug-likeness (QED) is 0.878. The van der Waals surface area contributed by atoms with E-state index >= 15 is 0 Å². The van der Waals surface area contributed by atoms with Gasteiger partial charge in [0.25, 0.3) is 0 Å². The molecular weight excluding hydrogens is 348 g/mol. The molecule has 26 heavy (non-hydrogen) atoms. The van der Waals surface area contributed by atoms with Crippen LogP contribution in [0.25, 0.3) is 0 Å². The van der Waals surface area contributed by atoms with E-state index in [9.17, 15) is 9.90 Å². The van der Waals surface area contributed by atoms with Crippen molar-refractivity contribution in [1.82, 2.24) is 9.80 Å². The van der Waals surface area contributed by atoms with E-state index in [0.717, 1.165) is 49.6 Å². The van der Waals surface area contributed by atoms with E-state index in [0.29, 0.717) is 30.7 Å². The minimum atomic E-state index is -0.229. The van der Waals surface area contributed by atoms with Gasteiger partial charge in [-0.3, -0.25) is 9.69 Å². The Kier molecular flexibility index (Phi) is 5.53. The second-order valence-electron chi connectivity index (χ2n) is 8.26. The molecule has 4 atom stereocenters. The fourth-order valence-electron chi connectivity index (χ4n) is 5.18. The standard InChI is InChI=1S/C21H29ClN2O2/c22-18-6-2-1-5-15(18)7-8-21(26)24-13-16-11-19(23-9-3-4-10-23)20(25)12-17(16)14-24/h1-2,5-6,16-17,19-20,25H,3-4,7-14H2/t16-,17+,19-,20-/m1/s1. The zero-order chi connectivity index (χ0) is 18.1. The van der Waals surface area contributed by atoms with E-state index in [-0.39, 0.29) is 12.0 Å². The summed E-state index contributed by atoms with van der Waals surface area (Å²) >= 11 is 6.20. The number of halogens is 1. The van der Waals surface area contributed by atoms with Gasteiger partial charge in [-0.2, -0.15) is 0 Å². The molecule has 0 unspecified atom stereocenters. The SMILES string of the molecule is O=C(CCc1ccccc1Cl)N1C[C@H]2C[C@@H](N3CCCC3)[C@H](O)C[C@H]2C1. The molecule has 0 radical (unpaired) electrons. The number of aryl methyl sites for hydroxylation is 1. The van der Waals surface area contributed by atoms with Crippen molar-refractivity contribution in [1.29, 1.82) is 0 Å². The van der Waals surface area contributed by atoms with Gasteiger partial charge in [0.2, 0.25) is 5.91 Å². The van der Waals surface area contributed by atoms with Crippen LogP contribution in [0.2, 0.25) is 5.02 Å². The lowest BCUT2D eigenvalue weighted by Crippen LogP contribution is -2.48. The molecule has 1 N–H and O–H groups in total. The van der Waals surface area contributed by atoms with Gasteiger partial charge in [0.1, 0.15) is 0 Å². The number of carbonyl (C=O) groups excluding carboxylic acids is 1. The van der Waals surface area contributed by atoms with Gasteiger partial charge >= 0.3 is 0 Å². The fraction of sp³-hybridized carbons (Fsp3) is 0.667. The van der Waals surface area contributed by atoms with Crippen molar-refractivity contribution in [3.63, 3.8) is 0 Å². The average Bonchev–Trinajstić information content (AvgIpc) is 3.29. The largest absolute Gasteiger partial charge is 0.391 e. The number of carbonyl (C=O) groups is 1. The van der Waals surface area contributed by atoms with E-state index in [4.69, 9.17) is 11.6 Å². The Labute approximate surface area is 161 Å². The van der Waals surface area contributed by atoms with Crippen LogP contribution in [0.15, 0.2) is 24.3 Å². The third-order valence-electron chi connectivity index (χ3n) is 6.64. The molecule has 2 heterocycles. The molecule has 0 spiro atoms. The number of benzene rings is 1. The minimum absolute atomic E-state index is 0.228. The van der Waals surface area contributed by atoms with Gasteiger partial charge < -0.3 is 10.0 Å². The predicted octanol–water partition coefficient (Wildman–Crippen LogP) is 2.97. The Morgan fingerprint density at radius 2 is 1.81 bits per heavy atom. The van der Waals surface area contributed by atoms with Gasteiger partial charge in [0.15, 0.2) is 0 Å². The van der Waals surface area contributed by atoms with Crippen LogP contribution >= 0.6 is 11.6 Å². The zero-order valence-electron chi connectivity index (χ0n) is 15.3. The highest BCUT2D eigenvalue weighted by molar-refractivity contribution is 6.31. The Morgan fingerprint density at radius 1 is 1.12 bits per heavy atom. The summed E-state index contributed by atoms with van der Waals surface area (Å²) < 4.78 is 0. The first-order chi connectivity index (χ1) is 12.6. The summed E-state index contributed by atoms with van der Waals surface area (Å²) in [7, 11) is 0. The molecule has 0 aromatic heterocycles. The normalized spacial score (nSPS) is 32.0. The summed E-state index contributed by atoms with van der Waals surface area (Å²) in [4.78, 5) is 17.2. The number of hydrogen-bond donors (Lipinski definition) is 1. The lowest BCUT2D eigenvalue weighted by Gasteiger charge is -2.40. The second-order valence-corrected chi connectivity index (χ2v) is 8.67. The van der Waals surface area contributed by atoms with E-state index in [2.05, 4.69) is 4.90 Å². The van der Waals surface area contributed by atoms with Crippen molar-refractivity contribution in [3.05, 3.63) is 34.9 Å². The molecule has 0 bridgehead atoms. The number of aliphatic hydroxyl groups is 1. The van der Waals surface area contributed by atoms with Gasteiger partial charge in [-0.05, 0) is 68.7 Å². The first-order valence-corrected chi connectivity index (χ1v) is 10.4. The van der Waals surface area contributed by atoms with Crippen LogP contribution in [0.5, 0.6) is 0 Å². The minimum Gasteiger partial charge on any atom is -0.391 e. The zero-order valence-corrected chi connectivity index (χ0v) is 16.1. The number of amides is 1. The highest BCUT2D eigenvalue weighted by atomic mass is 35.5. The molecule has 2 saturated heterocycles. The highest BCUT2D eigenvalue weighted by Gasteiger charge is 2.44. The summed E-state index contributed by atoms with van der Waals surface area (Å²) in [6, 6.07) is 8.07. The first kappa shape index (κ1) is 18.3. The third-order valence-corrected chi connectivity index (χ3v) is 7.01. The lowest BCUT2D eigenvalue weighted by molar-refractivity contribution is -0.130. The third kappa shape index (κ3) is 3.78. The molecule has 1 saturated carbocycles. The van der Waals surface area contributed by atoms with Gasteiger partial charge in [-0.1, -0.05) is 29.8 Å². The maximum atomic E-state index is 12.7. The molecule has 4 nitrogen and oxygen atoms in total. The number of fused-ring (bicyclic) bond motifs is 1. The molecule has 3 fully saturated rings. The average molecular weight is 377 g/mol. The van der Waals surface area contributed by atoms with Crippen molar-refractivity contribution in [2.75, 3.05) is 26.2 Å². The highest BCUT2D eigenvalue weighted by Crippen LogP contribution is 2.39. The van der Waals surface area contributed by atoms with Gasteiger partial charge in [0.05, 0.1) is 6.10 Å². The molecule has 5 heteroatoms. The van der Waals surface area contributed by atoms with Crippen LogP contribution < -0.4 is 0 Å². The molecule has 3 aliphatic rings. The second kappa shape index (κ2) is 7.87. The molecule has 1 aromatic rings. The smallest absolute Gasteiger partial charge is 0.222 e. The van der Waals surface area contributed by atoms with Gasteiger partial charge in [0, 0.05) is 30.6 Å². The molecule has 1 amide bonds. The maximum Gasteiger partial charge on any atom is 0.222 e. The van der Waals surface area contributed by atoms with E-state index < -0.39 is 0 Å². The number of hydrogen-bond acceptors (Lipinski definition) is 3. The molecule has 1 aromatic carbocycles. The summed E-state index contributed by atoms with van der Waals surface area (Å²) in [6.45, 7) is 3.93. The van der Waals surface area contributed by atoms with E-state index in [1.807, 2.05) is 29.2 Å². The molecule has 1 aliphatic carbocycles. The summed E-state index contributed by atoms with van der Waals surface area (Å²) in [5, 5.41) is 11.4. The lowest BCUT2D eigenvalue weighted by atomic mass is 9.77. The number of likely N-dealkylation sites (tertiary alicyclic amines) is 2. The van der Waals surface area contributed by atoms with Crippen LogP contribution in [0.1, 0.15) is 37.7 Å². The van der Waals surface area contributed by atoms with Crippen molar-refractivity contribution in [2.24, 2.45) is 11.8 Å². The van der Waals surface area contributed by atoms with E-state index in [1.165, 1.54) is 12.8 Å². The maximum absolute atomic E-state index is 12.7. The van der Waals surface area contributed by atoms with Gasteiger partial charge in [-0.15, -0.1) is 0 Å². The summed E-state index contributed by atoms with van der Waals surface area (Å²) in [5.41, 5.74) is 1.05. The van der Waals surface area contributed by atoms with E-state index in [1.54, 1.807) is 0 Å². The first-order valence-electron chi connectivity index (χ1n) is 10.0. The molecular formula is C21H29ClN2O2. The predicted molar refractivity (Wildman–Crippen MR) is 103 cm³/mol. The van der Waals surface area contributed by atoms with Crippen LogP contribution in [0.3, 0.4) is 0 Å². The number of nitrogens with zero attached hydrogens (tertiary/aromatic N) is 2. The van der Waals surface area contributed by atoms with Crippen molar-refractivity contribution < 1.29 is 9.90 Å². The fourth-order valence-corrected chi connectivity index (χ4v) is 5.41. The van der Waals surface area contributed by atoms with Crippen LogP contribution in [-0.2, 0) is 11.2 Å². The Hall–Kier alpha value is -1.10. The molecule has 4 rings (SSSR count). The number of rotatable bonds is 4. The monoisotopic (exact) mass is 376 g/mol. The van der Waals surface area contributed by atoms with Crippen molar-refractivity contribution in [3.8, 4) is 0 Å². The summed E-state index contributed by atoms with van der Waals surface area (Å²) in [5.74, 6) is 1.24. The van der Waals surface area contributed by atoms with Crippen LogP contribution in [0.4, 0.5) is 0 Å². The van der Waals surface area contributed by atoms with Gasteiger partial charge in [-0.25, -0.2) is 0 Å². The van der Waals surface area contributed by atoms with Crippen LogP contribution in [-0.4, -0.2) is 59.1 Å². The van der Waals surface area contributed by atoms with Crippen molar-refractivity contribution >= 4 is 17.5 Å².